The van der Waals surface area contributed by atoms with Crippen LogP contribution in [0.2, 0.25) is 0 Å². The lowest BCUT2D eigenvalue weighted by Gasteiger charge is -1.98. The molecule has 0 aromatic heterocycles. The van der Waals surface area contributed by atoms with Crippen LogP contribution < -0.4 is 5.43 Å². The molecule has 0 aliphatic heterocycles. The first kappa shape index (κ1) is 7.58. The molecule has 1 rings (SSSR count). The number of nitrogens with zero attached hydrogens (tertiary/aromatic N) is 1. The summed E-state index contributed by atoms with van der Waals surface area (Å²) in [6.45, 7) is 5.26. The Morgan fingerprint density at radius 3 is 2.80 bits per heavy atom. The molecule has 0 heterocycles. The molecule has 2 nitrogen and oxygen atoms in total. The van der Waals surface area contributed by atoms with Crippen LogP contribution in [0.25, 0.3) is 0 Å². The van der Waals surface area contributed by atoms with E-state index in [1.165, 1.54) is 18.6 Å². The normalized spacial score (nSPS) is 19.2. The summed E-state index contributed by atoms with van der Waals surface area (Å²) in [5, 5.41) is 4.19. The Morgan fingerprint density at radius 1 is 1.60 bits per heavy atom. The third kappa shape index (κ3) is 2.85. The van der Waals surface area contributed by atoms with Gasteiger partial charge in [0.25, 0.3) is 0 Å². The Balaban J connectivity index is 2.01. The Labute approximate surface area is 62.7 Å². The van der Waals surface area contributed by atoms with Gasteiger partial charge in [0.05, 0.1) is 0 Å². The van der Waals surface area contributed by atoms with Crippen LogP contribution in [0.1, 0.15) is 33.1 Å². The summed E-state index contributed by atoms with van der Waals surface area (Å²) in [5.74, 6) is 0.924. The Kier molecular flexibility index (Phi) is 2.72. The van der Waals surface area contributed by atoms with E-state index in [1.807, 2.05) is 0 Å². The Morgan fingerprint density at radius 2 is 2.30 bits per heavy atom. The molecule has 1 saturated carbocycles. The van der Waals surface area contributed by atoms with Crippen molar-refractivity contribution in [2.45, 2.75) is 33.1 Å². The molecule has 0 radical (unpaired) electrons. The van der Waals surface area contributed by atoms with Crippen LogP contribution in [-0.2, 0) is 0 Å². The lowest BCUT2D eigenvalue weighted by Crippen LogP contribution is -2.11. The highest BCUT2D eigenvalue weighted by molar-refractivity contribution is 5.81. The molecule has 0 atom stereocenters. The SMILES string of the molecule is CC/C(C)=N/NCC1CC1. The highest BCUT2D eigenvalue weighted by Crippen LogP contribution is 2.27. The quantitative estimate of drug-likeness (QED) is 0.467. The molecule has 0 spiro atoms. The lowest BCUT2D eigenvalue weighted by atomic mass is 10.3. The molecule has 0 amide bonds. The lowest BCUT2D eigenvalue weighted by molar-refractivity contribution is 0.669. The zero-order valence-electron chi connectivity index (χ0n) is 6.85. The molecule has 10 heavy (non-hydrogen) atoms. The van der Waals surface area contributed by atoms with E-state index in [-0.39, 0.29) is 0 Å². The minimum absolute atomic E-state index is 0.924. The molecular weight excluding hydrogens is 124 g/mol. The Bertz CT molecular complexity index is 125. The van der Waals surface area contributed by atoms with Gasteiger partial charge in [-0.2, -0.15) is 5.10 Å². The molecule has 0 aromatic rings. The fourth-order valence-electron chi connectivity index (χ4n) is 0.711. The molecule has 1 fully saturated rings. The predicted octanol–water partition coefficient (Wildman–Crippen LogP) is 1.77. The molecule has 0 saturated heterocycles. The van der Waals surface area contributed by atoms with E-state index in [0.717, 1.165) is 18.9 Å². The van der Waals surface area contributed by atoms with E-state index < -0.39 is 0 Å². The molecular formula is C8H16N2. The van der Waals surface area contributed by atoms with Crippen LogP contribution in [0, 0.1) is 5.92 Å². The summed E-state index contributed by atoms with van der Waals surface area (Å²) in [5.41, 5.74) is 4.28. The molecule has 1 N–H and O–H groups in total. The standard InChI is InChI=1S/C8H16N2/c1-3-7(2)10-9-6-8-4-5-8/h8-9H,3-6H2,1-2H3/b10-7+. The number of hydrogen-bond donors (Lipinski definition) is 1. The number of rotatable bonds is 4. The van der Waals surface area contributed by atoms with Crippen molar-refractivity contribution in [1.29, 1.82) is 0 Å². The monoisotopic (exact) mass is 140 g/mol. The summed E-state index contributed by atoms with van der Waals surface area (Å²) < 4.78 is 0. The molecule has 0 aromatic carbocycles. The van der Waals surface area contributed by atoms with Gasteiger partial charge in [-0.05, 0) is 32.1 Å². The minimum Gasteiger partial charge on any atom is -0.310 e. The van der Waals surface area contributed by atoms with E-state index in [1.54, 1.807) is 0 Å². The van der Waals surface area contributed by atoms with E-state index in [9.17, 15) is 0 Å². The maximum atomic E-state index is 4.19. The second-order valence-electron chi connectivity index (χ2n) is 3.01. The minimum atomic E-state index is 0.924. The van der Waals surface area contributed by atoms with Gasteiger partial charge in [-0.3, -0.25) is 0 Å². The van der Waals surface area contributed by atoms with Gasteiger partial charge in [-0.15, -0.1) is 0 Å². The van der Waals surface area contributed by atoms with Gasteiger partial charge < -0.3 is 5.43 Å². The number of nitrogens with one attached hydrogen (secondary N) is 1. The second-order valence-corrected chi connectivity index (χ2v) is 3.01. The molecule has 1 aliphatic carbocycles. The third-order valence-electron chi connectivity index (χ3n) is 1.86. The zero-order chi connectivity index (χ0) is 7.40. The second kappa shape index (κ2) is 3.59. The van der Waals surface area contributed by atoms with E-state index >= 15 is 0 Å². The maximum Gasteiger partial charge on any atom is 0.0357 e. The highest BCUT2D eigenvalue weighted by Gasteiger charge is 2.20. The van der Waals surface area contributed by atoms with Crippen LogP contribution in [0.3, 0.4) is 0 Å². The van der Waals surface area contributed by atoms with Crippen molar-refractivity contribution in [2.75, 3.05) is 6.54 Å². The van der Waals surface area contributed by atoms with Gasteiger partial charge >= 0.3 is 0 Å². The van der Waals surface area contributed by atoms with Crippen LogP contribution in [0.5, 0.6) is 0 Å². The topological polar surface area (TPSA) is 24.4 Å². The summed E-state index contributed by atoms with van der Waals surface area (Å²) in [6.07, 6.45) is 3.85. The van der Waals surface area contributed by atoms with Crippen molar-refractivity contribution >= 4 is 5.71 Å². The first-order valence-corrected chi connectivity index (χ1v) is 4.09. The van der Waals surface area contributed by atoms with Crippen molar-refractivity contribution in [1.82, 2.24) is 5.43 Å². The molecule has 1 aliphatic rings. The van der Waals surface area contributed by atoms with Crippen molar-refractivity contribution in [3.8, 4) is 0 Å². The van der Waals surface area contributed by atoms with Gasteiger partial charge in [0.15, 0.2) is 0 Å². The highest BCUT2D eigenvalue weighted by atomic mass is 15.3. The average Bonchev–Trinajstić information content (AvgIpc) is 2.71. The molecule has 0 bridgehead atoms. The van der Waals surface area contributed by atoms with Crippen molar-refractivity contribution < 1.29 is 0 Å². The largest absolute Gasteiger partial charge is 0.310 e. The predicted molar refractivity (Wildman–Crippen MR) is 44.1 cm³/mol. The van der Waals surface area contributed by atoms with E-state index in [0.29, 0.717) is 0 Å². The van der Waals surface area contributed by atoms with Gasteiger partial charge in [-0.1, -0.05) is 6.92 Å². The molecule has 58 valence electrons. The van der Waals surface area contributed by atoms with Crippen molar-refractivity contribution in [2.24, 2.45) is 11.0 Å². The first-order chi connectivity index (χ1) is 4.83. The summed E-state index contributed by atoms with van der Waals surface area (Å²) in [7, 11) is 0. The van der Waals surface area contributed by atoms with E-state index in [2.05, 4.69) is 24.4 Å². The fourth-order valence-corrected chi connectivity index (χ4v) is 0.711. The summed E-state index contributed by atoms with van der Waals surface area (Å²) >= 11 is 0. The smallest absolute Gasteiger partial charge is 0.0357 e. The van der Waals surface area contributed by atoms with Crippen molar-refractivity contribution in [3.05, 3.63) is 0 Å². The van der Waals surface area contributed by atoms with Crippen LogP contribution >= 0.6 is 0 Å². The van der Waals surface area contributed by atoms with Crippen LogP contribution in [0.4, 0.5) is 0 Å². The van der Waals surface area contributed by atoms with Crippen LogP contribution in [-0.4, -0.2) is 12.3 Å². The summed E-state index contributed by atoms with van der Waals surface area (Å²) in [4.78, 5) is 0. The average molecular weight is 140 g/mol. The first-order valence-electron chi connectivity index (χ1n) is 4.09. The number of hydrazone groups is 1. The van der Waals surface area contributed by atoms with Gasteiger partial charge in [-0.25, -0.2) is 0 Å². The maximum absolute atomic E-state index is 4.19. The molecule has 0 unspecified atom stereocenters. The van der Waals surface area contributed by atoms with Crippen LogP contribution in [0.15, 0.2) is 5.10 Å². The Hall–Kier alpha value is -0.530. The van der Waals surface area contributed by atoms with E-state index in [4.69, 9.17) is 0 Å². The van der Waals surface area contributed by atoms with Gasteiger partial charge in [0.1, 0.15) is 0 Å². The zero-order valence-corrected chi connectivity index (χ0v) is 6.85. The summed E-state index contributed by atoms with van der Waals surface area (Å²) in [6, 6.07) is 0. The fraction of sp³-hybridized carbons (Fsp3) is 0.875. The third-order valence-corrected chi connectivity index (χ3v) is 1.86. The van der Waals surface area contributed by atoms with Crippen molar-refractivity contribution in [3.63, 3.8) is 0 Å². The number of hydrogen-bond acceptors (Lipinski definition) is 2. The van der Waals surface area contributed by atoms with Gasteiger partial charge in [0, 0.05) is 12.3 Å². The molecule has 2 heteroatoms. The van der Waals surface area contributed by atoms with Gasteiger partial charge in [0.2, 0.25) is 0 Å².